The smallest absolute Gasteiger partial charge is 0.236 e. The second kappa shape index (κ2) is 6.08. The maximum absolute atomic E-state index is 11.4. The molecule has 0 aliphatic heterocycles. The molecule has 1 aliphatic rings. The third-order valence-corrected chi connectivity index (χ3v) is 2.97. The molecule has 15 heavy (non-hydrogen) atoms. The van der Waals surface area contributed by atoms with Gasteiger partial charge in [-0.05, 0) is 45.6 Å². The zero-order valence-corrected chi connectivity index (χ0v) is 9.62. The van der Waals surface area contributed by atoms with Crippen LogP contribution >= 0.6 is 0 Å². The molecule has 3 N–H and O–H groups in total. The molecule has 1 saturated carbocycles. The molecule has 0 heterocycles. The summed E-state index contributed by atoms with van der Waals surface area (Å²) in [6, 6.07) is -0.136. The van der Waals surface area contributed by atoms with Gasteiger partial charge in [0.05, 0.1) is 12.1 Å². The summed E-state index contributed by atoms with van der Waals surface area (Å²) in [5.41, 5.74) is 0. The number of amides is 1. The highest BCUT2D eigenvalue weighted by Crippen LogP contribution is 2.24. The average Bonchev–Trinajstić information content (AvgIpc) is 2.61. The predicted molar refractivity (Wildman–Crippen MR) is 59.5 cm³/mol. The molecular weight excluding hydrogens is 192 g/mol. The molecule has 88 valence electrons. The van der Waals surface area contributed by atoms with Crippen molar-refractivity contribution in [2.24, 2.45) is 5.92 Å². The van der Waals surface area contributed by atoms with Crippen LogP contribution in [0.4, 0.5) is 0 Å². The van der Waals surface area contributed by atoms with Gasteiger partial charge in [0.15, 0.2) is 0 Å². The van der Waals surface area contributed by atoms with Crippen LogP contribution in [0.2, 0.25) is 0 Å². The molecule has 4 heteroatoms. The molecule has 1 aliphatic carbocycles. The van der Waals surface area contributed by atoms with Gasteiger partial charge in [-0.15, -0.1) is 0 Å². The zero-order chi connectivity index (χ0) is 11.3. The summed E-state index contributed by atoms with van der Waals surface area (Å²) in [6.45, 7) is 5.29. The Labute approximate surface area is 91.4 Å². The molecule has 1 fully saturated rings. The molecule has 3 unspecified atom stereocenters. The van der Waals surface area contributed by atoms with E-state index in [9.17, 15) is 9.90 Å². The van der Waals surface area contributed by atoms with Gasteiger partial charge < -0.3 is 15.7 Å². The van der Waals surface area contributed by atoms with E-state index in [0.717, 1.165) is 25.8 Å². The van der Waals surface area contributed by atoms with Crippen LogP contribution in [-0.2, 0) is 4.79 Å². The van der Waals surface area contributed by atoms with Crippen LogP contribution in [0.3, 0.4) is 0 Å². The van der Waals surface area contributed by atoms with Gasteiger partial charge in [-0.25, -0.2) is 0 Å². The Kier molecular flexibility index (Phi) is 5.05. The number of rotatable bonds is 5. The quantitative estimate of drug-likeness (QED) is 0.615. The van der Waals surface area contributed by atoms with E-state index in [4.69, 9.17) is 0 Å². The molecule has 0 radical (unpaired) electrons. The summed E-state index contributed by atoms with van der Waals surface area (Å²) in [6.07, 6.45) is 2.71. The normalized spacial score (nSPS) is 27.7. The first-order chi connectivity index (χ1) is 7.13. The van der Waals surface area contributed by atoms with Crippen molar-refractivity contribution in [1.29, 1.82) is 0 Å². The average molecular weight is 214 g/mol. The first-order valence-electron chi connectivity index (χ1n) is 5.82. The van der Waals surface area contributed by atoms with Crippen LogP contribution in [0, 0.1) is 5.92 Å². The number of aliphatic hydroxyl groups is 1. The van der Waals surface area contributed by atoms with Crippen molar-refractivity contribution in [3.63, 3.8) is 0 Å². The first kappa shape index (κ1) is 12.5. The SMILES string of the molecule is CCNC(=O)C(C)NCC1CCC(O)C1. The van der Waals surface area contributed by atoms with Crippen molar-refractivity contribution in [3.05, 3.63) is 0 Å². The van der Waals surface area contributed by atoms with Crippen molar-refractivity contribution in [3.8, 4) is 0 Å². The van der Waals surface area contributed by atoms with E-state index in [1.54, 1.807) is 0 Å². The van der Waals surface area contributed by atoms with E-state index in [2.05, 4.69) is 10.6 Å². The third-order valence-electron chi connectivity index (χ3n) is 2.97. The fraction of sp³-hybridized carbons (Fsp3) is 0.909. The number of likely N-dealkylation sites (N-methyl/N-ethyl adjacent to an activating group) is 1. The molecule has 0 aromatic carbocycles. The Morgan fingerprint density at radius 1 is 1.53 bits per heavy atom. The van der Waals surface area contributed by atoms with Crippen LogP contribution in [0.1, 0.15) is 33.1 Å². The van der Waals surface area contributed by atoms with Crippen LogP contribution < -0.4 is 10.6 Å². The Bertz CT molecular complexity index is 209. The van der Waals surface area contributed by atoms with E-state index in [1.807, 2.05) is 13.8 Å². The summed E-state index contributed by atoms with van der Waals surface area (Å²) in [7, 11) is 0. The highest BCUT2D eigenvalue weighted by molar-refractivity contribution is 5.81. The lowest BCUT2D eigenvalue weighted by Crippen LogP contribution is -2.43. The minimum Gasteiger partial charge on any atom is -0.393 e. The lowest BCUT2D eigenvalue weighted by atomic mass is 10.1. The number of hydrogen-bond acceptors (Lipinski definition) is 3. The van der Waals surface area contributed by atoms with Gasteiger partial charge in [0.2, 0.25) is 5.91 Å². The highest BCUT2D eigenvalue weighted by Gasteiger charge is 2.23. The number of hydrogen-bond donors (Lipinski definition) is 3. The standard InChI is InChI=1S/C11H22N2O2/c1-3-12-11(15)8(2)13-7-9-4-5-10(14)6-9/h8-10,13-14H,3-7H2,1-2H3,(H,12,15). The third kappa shape index (κ3) is 4.18. The molecule has 4 nitrogen and oxygen atoms in total. The van der Waals surface area contributed by atoms with E-state index >= 15 is 0 Å². The van der Waals surface area contributed by atoms with Gasteiger partial charge in [-0.3, -0.25) is 4.79 Å². The maximum atomic E-state index is 11.4. The van der Waals surface area contributed by atoms with Crippen molar-refractivity contribution in [2.75, 3.05) is 13.1 Å². The topological polar surface area (TPSA) is 61.4 Å². The van der Waals surface area contributed by atoms with Crippen molar-refractivity contribution in [1.82, 2.24) is 10.6 Å². The highest BCUT2D eigenvalue weighted by atomic mass is 16.3. The first-order valence-corrected chi connectivity index (χ1v) is 5.82. The summed E-state index contributed by atoms with van der Waals surface area (Å²) in [4.78, 5) is 11.4. The van der Waals surface area contributed by atoms with Gasteiger partial charge in [0, 0.05) is 6.54 Å². The van der Waals surface area contributed by atoms with Crippen LogP contribution in [0.25, 0.3) is 0 Å². The number of carbonyl (C=O) groups is 1. The Balaban J connectivity index is 2.16. The van der Waals surface area contributed by atoms with Crippen LogP contribution in [0.5, 0.6) is 0 Å². The largest absolute Gasteiger partial charge is 0.393 e. The minimum absolute atomic E-state index is 0.0519. The Morgan fingerprint density at radius 3 is 2.80 bits per heavy atom. The molecule has 1 rings (SSSR count). The Hall–Kier alpha value is -0.610. The van der Waals surface area contributed by atoms with Crippen LogP contribution in [0.15, 0.2) is 0 Å². The molecular formula is C11H22N2O2. The lowest BCUT2D eigenvalue weighted by Gasteiger charge is -2.16. The molecule has 0 aromatic rings. The number of carbonyl (C=O) groups excluding carboxylic acids is 1. The molecule has 0 saturated heterocycles. The molecule has 3 atom stereocenters. The molecule has 0 aromatic heterocycles. The zero-order valence-electron chi connectivity index (χ0n) is 9.62. The lowest BCUT2D eigenvalue weighted by molar-refractivity contribution is -0.122. The van der Waals surface area contributed by atoms with Crippen LogP contribution in [-0.4, -0.2) is 36.2 Å². The minimum atomic E-state index is -0.136. The monoisotopic (exact) mass is 214 g/mol. The van der Waals surface area contributed by atoms with Gasteiger partial charge >= 0.3 is 0 Å². The second-order valence-electron chi connectivity index (χ2n) is 4.36. The van der Waals surface area contributed by atoms with Gasteiger partial charge in [-0.1, -0.05) is 0 Å². The fourth-order valence-corrected chi connectivity index (χ4v) is 2.00. The van der Waals surface area contributed by atoms with Gasteiger partial charge in [0.25, 0.3) is 0 Å². The molecule has 0 spiro atoms. The fourth-order valence-electron chi connectivity index (χ4n) is 2.00. The molecule has 0 bridgehead atoms. The van der Waals surface area contributed by atoms with Crippen molar-refractivity contribution < 1.29 is 9.90 Å². The predicted octanol–water partition coefficient (Wildman–Crippen LogP) is 0.262. The summed E-state index contributed by atoms with van der Waals surface area (Å²) >= 11 is 0. The summed E-state index contributed by atoms with van der Waals surface area (Å²) < 4.78 is 0. The van der Waals surface area contributed by atoms with Crippen molar-refractivity contribution in [2.45, 2.75) is 45.3 Å². The number of aliphatic hydroxyl groups excluding tert-OH is 1. The Morgan fingerprint density at radius 2 is 2.27 bits per heavy atom. The van der Waals surface area contributed by atoms with Gasteiger partial charge in [0.1, 0.15) is 0 Å². The summed E-state index contributed by atoms with van der Waals surface area (Å²) in [5.74, 6) is 0.577. The second-order valence-corrected chi connectivity index (χ2v) is 4.36. The number of nitrogens with one attached hydrogen (secondary N) is 2. The van der Waals surface area contributed by atoms with Crippen molar-refractivity contribution >= 4 is 5.91 Å². The van der Waals surface area contributed by atoms with E-state index in [0.29, 0.717) is 12.5 Å². The summed E-state index contributed by atoms with van der Waals surface area (Å²) in [5, 5.41) is 15.3. The van der Waals surface area contributed by atoms with Gasteiger partial charge in [-0.2, -0.15) is 0 Å². The van der Waals surface area contributed by atoms with E-state index < -0.39 is 0 Å². The molecule has 1 amide bonds. The van der Waals surface area contributed by atoms with E-state index in [1.165, 1.54) is 0 Å². The maximum Gasteiger partial charge on any atom is 0.236 e. The van der Waals surface area contributed by atoms with E-state index in [-0.39, 0.29) is 18.1 Å².